The molecule has 0 atom stereocenters. The Kier molecular flexibility index (Phi) is 3.97. The first kappa shape index (κ1) is 10.6. The Morgan fingerprint density at radius 1 is 1.71 bits per heavy atom. The van der Waals surface area contributed by atoms with E-state index in [0.29, 0.717) is 11.4 Å². The molecular formula is C8H10N4OS. The summed E-state index contributed by atoms with van der Waals surface area (Å²) in [6.45, 7) is 2.61. The third-order valence-corrected chi connectivity index (χ3v) is 2.52. The maximum absolute atomic E-state index is 11.4. The minimum absolute atomic E-state index is 0.115. The van der Waals surface area contributed by atoms with E-state index in [-0.39, 0.29) is 12.5 Å². The molecule has 14 heavy (non-hydrogen) atoms. The topological polar surface area (TPSA) is 77.9 Å². The van der Waals surface area contributed by atoms with Crippen molar-refractivity contribution in [3.63, 3.8) is 0 Å². The molecule has 0 aliphatic heterocycles. The average Bonchev–Trinajstić information content (AvgIpc) is 2.59. The van der Waals surface area contributed by atoms with E-state index >= 15 is 0 Å². The monoisotopic (exact) mass is 210 g/mol. The Balaban J connectivity index is 2.39. The zero-order valence-electron chi connectivity index (χ0n) is 7.73. The molecule has 6 heteroatoms. The van der Waals surface area contributed by atoms with E-state index in [1.807, 2.05) is 13.0 Å². The first-order chi connectivity index (χ1) is 6.74. The number of hydrogen-bond donors (Lipinski definition) is 1. The zero-order valence-corrected chi connectivity index (χ0v) is 8.54. The van der Waals surface area contributed by atoms with Crippen LogP contribution in [0.25, 0.3) is 10.4 Å². The Bertz CT molecular complexity index is 367. The fraction of sp³-hybridized carbons (Fsp3) is 0.375. The van der Waals surface area contributed by atoms with Gasteiger partial charge in [0.2, 0.25) is 0 Å². The highest BCUT2D eigenvalue weighted by atomic mass is 32.1. The molecule has 0 aromatic carbocycles. The number of carbonyl (C=O) groups is 1. The number of carbonyl (C=O) groups excluding carboxylic acids is 1. The molecule has 1 rings (SSSR count). The summed E-state index contributed by atoms with van der Waals surface area (Å²) >= 11 is 1.44. The third kappa shape index (κ3) is 3.08. The highest BCUT2D eigenvalue weighted by molar-refractivity contribution is 7.13. The maximum Gasteiger partial charge on any atom is 0.261 e. The lowest BCUT2D eigenvalue weighted by Gasteiger charge is -1.98. The number of nitrogens with one attached hydrogen (secondary N) is 1. The highest BCUT2D eigenvalue weighted by Crippen LogP contribution is 2.14. The van der Waals surface area contributed by atoms with Crippen molar-refractivity contribution < 1.29 is 4.79 Å². The van der Waals surface area contributed by atoms with Crippen molar-refractivity contribution in [3.8, 4) is 0 Å². The summed E-state index contributed by atoms with van der Waals surface area (Å²) in [5, 5.41) is 5.97. The summed E-state index contributed by atoms with van der Waals surface area (Å²) in [6.07, 6.45) is 0. The summed E-state index contributed by atoms with van der Waals surface area (Å²) in [7, 11) is 0. The second kappa shape index (κ2) is 5.26. The molecule has 0 spiro atoms. The standard InChI is InChI=1S/C8H10N4OS/c1-6-2-3-7(14-6)8(13)10-4-5-11-12-9/h2-3H,4-5H2,1H3,(H,10,13). The fourth-order valence-electron chi connectivity index (χ4n) is 0.908. The Morgan fingerprint density at radius 3 is 3.07 bits per heavy atom. The van der Waals surface area contributed by atoms with E-state index in [1.54, 1.807) is 6.07 Å². The van der Waals surface area contributed by atoms with Gasteiger partial charge in [-0.1, -0.05) is 5.11 Å². The smallest absolute Gasteiger partial charge is 0.261 e. The van der Waals surface area contributed by atoms with E-state index in [1.165, 1.54) is 11.3 Å². The molecule has 1 aromatic heterocycles. The molecule has 0 unspecified atom stereocenters. The molecule has 1 N–H and O–H groups in total. The molecule has 0 saturated carbocycles. The van der Waals surface area contributed by atoms with Gasteiger partial charge in [0, 0.05) is 22.9 Å². The van der Waals surface area contributed by atoms with Crippen molar-refractivity contribution in [2.75, 3.05) is 13.1 Å². The van der Waals surface area contributed by atoms with E-state index < -0.39 is 0 Å². The number of thiophene rings is 1. The van der Waals surface area contributed by atoms with Crippen LogP contribution in [0.4, 0.5) is 0 Å². The van der Waals surface area contributed by atoms with Crippen molar-refractivity contribution in [3.05, 3.63) is 32.3 Å². The van der Waals surface area contributed by atoms with Crippen LogP contribution in [0.15, 0.2) is 17.2 Å². The first-order valence-electron chi connectivity index (χ1n) is 4.09. The van der Waals surface area contributed by atoms with Gasteiger partial charge in [-0.05, 0) is 24.6 Å². The fourth-order valence-corrected chi connectivity index (χ4v) is 1.69. The molecule has 0 aliphatic rings. The second-order valence-electron chi connectivity index (χ2n) is 2.62. The summed E-state index contributed by atoms with van der Waals surface area (Å²) in [4.78, 5) is 15.8. The number of amides is 1. The number of nitrogens with zero attached hydrogens (tertiary/aromatic N) is 3. The van der Waals surface area contributed by atoms with Crippen molar-refractivity contribution >= 4 is 17.2 Å². The lowest BCUT2D eigenvalue weighted by atomic mass is 10.4. The molecule has 0 bridgehead atoms. The second-order valence-corrected chi connectivity index (χ2v) is 3.91. The molecular weight excluding hydrogens is 200 g/mol. The van der Waals surface area contributed by atoms with Crippen molar-refractivity contribution in [1.29, 1.82) is 0 Å². The summed E-state index contributed by atoms with van der Waals surface area (Å²) in [5.74, 6) is -0.115. The summed E-state index contributed by atoms with van der Waals surface area (Å²) in [5.41, 5.74) is 8.00. The van der Waals surface area contributed by atoms with E-state index in [2.05, 4.69) is 15.3 Å². The normalized spacial score (nSPS) is 9.21. The van der Waals surface area contributed by atoms with Gasteiger partial charge >= 0.3 is 0 Å². The van der Waals surface area contributed by atoms with Crippen LogP contribution in [0.3, 0.4) is 0 Å². The van der Waals surface area contributed by atoms with Gasteiger partial charge in [-0.15, -0.1) is 11.3 Å². The van der Waals surface area contributed by atoms with Crippen LogP contribution in [-0.4, -0.2) is 19.0 Å². The first-order valence-corrected chi connectivity index (χ1v) is 4.91. The molecule has 74 valence electrons. The molecule has 5 nitrogen and oxygen atoms in total. The van der Waals surface area contributed by atoms with Crippen LogP contribution in [0, 0.1) is 6.92 Å². The number of hydrogen-bond acceptors (Lipinski definition) is 3. The van der Waals surface area contributed by atoms with Crippen LogP contribution in [0.2, 0.25) is 0 Å². The minimum atomic E-state index is -0.115. The lowest BCUT2D eigenvalue weighted by Crippen LogP contribution is -2.24. The SMILES string of the molecule is Cc1ccc(C(=O)NCCN=[N+]=[N-])s1. The van der Waals surface area contributed by atoms with Crippen molar-refractivity contribution in [2.45, 2.75) is 6.92 Å². The van der Waals surface area contributed by atoms with Gasteiger partial charge in [0.05, 0.1) is 4.88 Å². The van der Waals surface area contributed by atoms with Gasteiger partial charge < -0.3 is 5.32 Å². The van der Waals surface area contributed by atoms with Gasteiger partial charge in [0.25, 0.3) is 5.91 Å². The quantitative estimate of drug-likeness (QED) is 0.351. The third-order valence-electron chi connectivity index (χ3n) is 1.52. The van der Waals surface area contributed by atoms with Crippen LogP contribution >= 0.6 is 11.3 Å². The molecule has 0 saturated heterocycles. The van der Waals surface area contributed by atoms with Gasteiger partial charge in [-0.2, -0.15) is 0 Å². The van der Waals surface area contributed by atoms with Gasteiger partial charge in [0.1, 0.15) is 0 Å². The van der Waals surface area contributed by atoms with Gasteiger partial charge in [-0.25, -0.2) is 0 Å². The summed E-state index contributed by atoms with van der Waals surface area (Å²) < 4.78 is 0. The molecule has 0 radical (unpaired) electrons. The van der Waals surface area contributed by atoms with E-state index in [9.17, 15) is 4.79 Å². The van der Waals surface area contributed by atoms with Crippen LogP contribution in [-0.2, 0) is 0 Å². The largest absolute Gasteiger partial charge is 0.351 e. The molecule has 1 aromatic rings. The molecule has 0 fully saturated rings. The van der Waals surface area contributed by atoms with E-state index in [4.69, 9.17) is 5.53 Å². The van der Waals surface area contributed by atoms with Crippen LogP contribution in [0.5, 0.6) is 0 Å². The Labute approximate surface area is 85.4 Å². The highest BCUT2D eigenvalue weighted by Gasteiger charge is 2.05. The number of rotatable bonds is 4. The van der Waals surface area contributed by atoms with Crippen LogP contribution in [0.1, 0.15) is 14.5 Å². The molecule has 0 aliphatic carbocycles. The Hall–Kier alpha value is -1.52. The predicted octanol–water partition coefficient (Wildman–Crippen LogP) is 2.10. The Morgan fingerprint density at radius 2 is 2.50 bits per heavy atom. The summed E-state index contributed by atoms with van der Waals surface area (Å²) in [6, 6.07) is 3.68. The zero-order chi connectivity index (χ0) is 10.4. The minimum Gasteiger partial charge on any atom is -0.351 e. The van der Waals surface area contributed by atoms with E-state index in [0.717, 1.165) is 4.88 Å². The van der Waals surface area contributed by atoms with Crippen molar-refractivity contribution in [1.82, 2.24) is 5.32 Å². The van der Waals surface area contributed by atoms with Crippen LogP contribution < -0.4 is 5.32 Å². The lowest BCUT2D eigenvalue weighted by molar-refractivity contribution is 0.0959. The van der Waals surface area contributed by atoms with Gasteiger partial charge in [0.15, 0.2) is 0 Å². The molecule has 1 amide bonds. The van der Waals surface area contributed by atoms with Crippen molar-refractivity contribution in [2.24, 2.45) is 5.11 Å². The average molecular weight is 210 g/mol. The predicted molar refractivity (Wildman–Crippen MR) is 55.4 cm³/mol. The molecule has 1 heterocycles. The number of aryl methyl sites for hydroxylation is 1. The maximum atomic E-state index is 11.4. The number of azide groups is 1. The van der Waals surface area contributed by atoms with Gasteiger partial charge in [-0.3, -0.25) is 4.79 Å².